The molecule has 1 aromatic rings. The van der Waals surface area contributed by atoms with Gasteiger partial charge in [-0.3, -0.25) is 4.79 Å². The molecule has 0 N–H and O–H groups in total. The minimum Gasteiger partial charge on any atom is -0.355 e. The Morgan fingerprint density at radius 1 is 1.69 bits per heavy atom. The van der Waals surface area contributed by atoms with Crippen molar-refractivity contribution in [2.24, 2.45) is 5.92 Å². The normalized spacial score (nSPS) is 19.5. The van der Waals surface area contributed by atoms with Crippen LogP contribution in [0.25, 0.3) is 0 Å². The van der Waals surface area contributed by atoms with Crippen LogP contribution >= 0.6 is 0 Å². The van der Waals surface area contributed by atoms with E-state index in [0.29, 0.717) is 17.9 Å². The molecule has 1 aliphatic heterocycles. The Bertz CT molecular complexity index is 450. The van der Waals surface area contributed by atoms with Crippen molar-refractivity contribution >= 4 is 11.6 Å². The molecule has 1 aliphatic rings. The van der Waals surface area contributed by atoms with Crippen LogP contribution in [0.3, 0.4) is 0 Å². The van der Waals surface area contributed by atoms with Gasteiger partial charge in [-0.05, 0) is 25.5 Å². The van der Waals surface area contributed by atoms with Crippen molar-refractivity contribution in [2.45, 2.75) is 13.3 Å². The molecule has 4 heteroatoms. The molecular weight excluding hydrogens is 202 g/mol. The van der Waals surface area contributed by atoms with E-state index in [-0.39, 0.29) is 11.7 Å². The summed E-state index contributed by atoms with van der Waals surface area (Å²) >= 11 is 0. The highest BCUT2D eigenvalue weighted by Crippen LogP contribution is 2.24. The monoisotopic (exact) mass is 215 g/mol. The fourth-order valence-electron chi connectivity index (χ4n) is 2.02. The Kier molecular flexibility index (Phi) is 2.86. The molecule has 2 heterocycles. The fraction of sp³-hybridized carbons (Fsp3) is 0.417. The molecule has 0 spiro atoms. The van der Waals surface area contributed by atoms with Gasteiger partial charge in [-0.25, -0.2) is 4.98 Å². The third-order valence-electron chi connectivity index (χ3n) is 2.97. The van der Waals surface area contributed by atoms with Crippen molar-refractivity contribution in [1.29, 1.82) is 5.26 Å². The Morgan fingerprint density at radius 2 is 2.50 bits per heavy atom. The summed E-state index contributed by atoms with van der Waals surface area (Å²) < 4.78 is 0. The second-order valence-electron chi connectivity index (χ2n) is 4.03. The van der Waals surface area contributed by atoms with Crippen molar-refractivity contribution in [3.63, 3.8) is 0 Å². The van der Waals surface area contributed by atoms with E-state index in [0.717, 1.165) is 13.0 Å². The summed E-state index contributed by atoms with van der Waals surface area (Å²) in [6.45, 7) is 3.11. The summed E-state index contributed by atoms with van der Waals surface area (Å²) in [7, 11) is 0. The van der Waals surface area contributed by atoms with Crippen molar-refractivity contribution < 1.29 is 4.79 Å². The molecule has 16 heavy (non-hydrogen) atoms. The zero-order valence-corrected chi connectivity index (χ0v) is 9.18. The number of aromatic nitrogens is 1. The lowest BCUT2D eigenvalue weighted by Gasteiger charge is -2.17. The van der Waals surface area contributed by atoms with Crippen LogP contribution in [0.4, 0.5) is 5.82 Å². The quantitative estimate of drug-likeness (QED) is 0.747. The highest BCUT2D eigenvalue weighted by atomic mass is 16.1. The van der Waals surface area contributed by atoms with Crippen molar-refractivity contribution in [3.8, 4) is 6.07 Å². The number of carbonyl (C=O) groups excluding carboxylic acids is 1. The molecule has 0 saturated carbocycles. The van der Waals surface area contributed by atoms with Gasteiger partial charge in [-0.15, -0.1) is 0 Å². The molecule has 1 aromatic heterocycles. The van der Waals surface area contributed by atoms with E-state index in [1.165, 1.54) is 0 Å². The number of hydrogen-bond donors (Lipinski definition) is 0. The SMILES string of the molecule is CC(=O)C1CCN(c2ncccc2C#N)C1. The zero-order valence-electron chi connectivity index (χ0n) is 9.18. The summed E-state index contributed by atoms with van der Waals surface area (Å²) in [4.78, 5) is 17.5. The van der Waals surface area contributed by atoms with Crippen molar-refractivity contribution in [1.82, 2.24) is 4.98 Å². The second kappa shape index (κ2) is 4.31. The first-order valence-corrected chi connectivity index (χ1v) is 5.33. The Labute approximate surface area is 94.5 Å². The first-order valence-electron chi connectivity index (χ1n) is 5.33. The van der Waals surface area contributed by atoms with Crippen LogP contribution in [0.2, 0.25) is 0 Å². The molecule has 0 amide bonds. The average Bonchev–Trinajstić information content (AvgIpc) is 2.78. The van der Waals surface area contributed by atoms with Crippen LogP contribution in [0.1, 0.15) is 18.9 Å². The number of carbonyl (C=O) groups is 1. The second-order valence-corrected chi connectivity index (χ2v) is 4.03. The van der Waals surface area contributed by atoms with E-state index in [9.17, 15) is 4.79 Å². The van der Waals surface area contributed by atoms with E-state index < -0.39 is 0 Å². The highest BCUT2D eigenvalue weighted by Gasteiger charge is 2.27. The summed E-state index contributed by atoms with van der Waals surface area (Å²) in [5.74, 6) is 1.01. The molecule has 0 radical (unpaired) electrons. The molecule has 1 atom stereocenters. The maximum absolute atomic E-state index is 11.3. The number of rotatable bonds is 2. The van der Waals surface area contributed by atoms with Gasteiger partial charge in [0.25, 0.3) is 0 Å². The van der Waals surface area contributed by atoms with E-state index in [2.05, 4.69) is 11.1 Å². The van der Waals surface area contributed by atoms with Crippen LogP contribution < -0.4 is 4.90 Å². The van der Waals surface area contributed by atoms with Gasteiger partial charge >= 0.3 is 0 Å². The zero-order chi connectivity index (χ0) is 11.5. The molecule has 2 rings (SSSR count). The third-order valence-corrected chi connectivity index (χ3v) is 2.97. The molecule has 0 bridgehead atoms. The number of anilines is 1. The lowest BCUT2D eigenvalue weighted by atomic mass is 10.1. The lowest BCUT2D eigenvalue weighted by molar-refractivity contribution is -0.120. The van der Waals surface area contributed by atoms with Crippen LogP contribution in [0.5, 0.6) is 0 Å². The summed E-state index contributed by atoms with van der Waals surface area (Å²) in [6, 6.07) is 5.63. The smallest absolute Gasteiger partial charge is 0.146 e. The number of pyridine rings is 1. The average molecular weight is 215 g/mol. The van der Waals surface area contributed by atoms with Crippen LogP contribution in [-0.4, -0.2) is 23.9 Å². The van der Waals surface area contributed by atoms with Crippen molar-refractivity contribution in [2.75, 3.05) is 18.0 Å². The predicted octanol–water partition coefficient (Wildman–Crippen LogP) is 1.37. The topological polar surface area (TPSA) is 57.0 Å². The maximum atomic E-state index is 11.3. The first-order chi connectivity index (χ1) is 7.72. The minimum atomic E-state index is 0.0912. The number of hydrogen-bond acceptors (Lipinski definition) is 4. The number of nitriles is 1. The molecule has 1 fully saturated rings. The van der Waals surface area contributed by atoms with Gasteiger partial charge in [0, 0.05) is 25.2 Å². The standard InChI is InChI=1S/C12H13N3O/c1-9(16)11-4-6-15(8-11)12-10(7-13)3-2-5-14-12/h2-3,5,11H,4,6,8H2,1H3. The molecule has 1 unspecified atom stereocenters. The van der Waals surface area contributed by atoms with Crippen LogP contribution in [-0.2, 0) is 4.79 Å². The summed E-state index contributed by atoms with van der Waals surface area (Å²) in [5.41, 5.74) is 0.576. The third kappa shape index (κ3) is 1.89. The summed E-state index contributed by atoms with van der Waals surface area (Å²) in [6.07, 6.45) is 2.54. The Hall–Kier alpha value is -1.89. The van der Waals surface area contributed by atoms with E-state index >= 15 is 0 Å². The molecular formula is C12H13N3O. The lowest BCUT2D eigenvalue weighted by Crippen LogP contribution is -2.23. The molecule has 4 nitrogen and oxygen atoms in total. The van der Waals surface area contributed by atoms with Crippen LogP contribution in [0, 0.1) is 17.2 Å². The van der Waals surface area contributed by atoms with E-state index in [4.69, 9.17) is 5.26 Å². The summed E-state index contributed by atoms with van der Waals surface area (Å²) in [5, 5.41) is 8.97. The van der Waals surface area contributed by atoms with Crippen LogP contribution in [0.15, 0.2) is 18.3 Å². The van der Waals surface area contributed by atoms with Gasteiger partial charge in [0.2, 0.25) is 0 Å². The van der Waals surface area contributed by atoms with Gasteiger partial charge in [0.15, 0.2) is 0 Å². The number of ketones is 1. The van der Waals surface area contributed by atoms with E-state index in [1.54, 1.807) is 25.3 Å². The van der Waals surface area contributed by atoms with Crippen molar-refractivity contribution in [3.05, 3.63) is 23.9 Å². The number of Topliss-reactive ketones (excluding diaryl/α,β-unsaturated/α-hetero) is 1. The minimum absolute atomic E-state index is 0.0912. The number of nitrogens with zero attached hydrogens (tertiary/aromatic N) is 3. The maximum Gasteiger partial charge on any atom is 0.146 e. The molecule has 82 valence electrons. The van der Waals surface area contributed by atoms with Gasteiger partial charge in [-0.2, -0.15) is 5.26 Å². The van der Waals surface area contributed by atoms with Gasteiger partial charge in [0.1, 0.15) is 17.7 Å². The largest absolute Gasteiger partial charge is 0.355 e. The van der Waals surface area contributed by atoms with E-state index in [1.807, 2.05) is 4.90 Å². The molecule has 0 aromatic carbocycles. The van der Waals surface area contributed by atoms with Gasteiger partial charge in [-0.1, -0.05) is 0 Å². The Morgan fingerprint density at radius 3 is 3.12 bits per heavy atom. The predicted molar refractivity (Wildman–Crippen MR) is 60.0 cm³/mol. The highest BCUT2D eigenvalue weighted by molar-refractivity contribution is 5.79. The molecule has 0 aliphatic carbocycles. The van der Waals surface area contributed by atoms with Gasteiger partial charge in [0.05, 0.1) is 5.56 Å². The fourth-order valence-corrected chi connectivity index (χ4v) is 2.02. The Balaban J connectivity index is 2.21. The van der Waals surface area contributed by atoms with Gasteiger partial charge < -0.3 is 4.90 Å². The first kappa shape index (κ1) is 10.6. The molecule has 1 saturated heterocycles.